The Labute approximate surface area is 223 Å². The minimum atomic E-state index is -0.459. The van der Waals surface area contributed by atoms with Crippen LogP contribution in [0, 0.1) is 5.92 Å². The molecule has 3 aromatic rings. The number of amides is 3. The number of carbonyl (C=O) groups excluding carboxylic acids is 2. The summed E-state index contributed by atoms with van der Waals surface area (Å²) in [5.41, 5.74) is 9.77. The molecule has 2 aliphatic carbocycles. The van der Waals surface area contributed by atoms with Crippen molar-refractivity contribution < 1.29 is 9.59 Å². The fourth-order valence-corrected chi connectivity index (χ4v) is 6.10. The van der Waals surface area contributed by atoms with Gasteiger partial charge in [0.2, 0.25) is 5.91 Å². The maximum atomic E-state index is 13.6. The predicted molar refractivity (Wildman–Crippen MR) is 152 cm³/mol. The van der Waals surface area contributed by atoms with Crippen molar-refractivity contribution in [3.63, 3.8) is 0 Å². The second-order valence-electron chi connectivity index (χ2n) is 10.3. The highest BCUT2D eigenvalue weighted by Crippen LogP contribution is 2.36. The van der Waals surface area contributed by atoms with Crippen LogP contribution in [0.5, 0.6) is 0 Å². The molecule has 3 amide bonds. The average Bonchev–Trinajstić information content (AvgIpc) is 3.76. The summed E-state index contributed by atoms with van der Waals surface area (Å²) in [5.74, 6) is 2.13. The molecule has 3 N–H and O–H groups in total. The third kappa shape index (κ3) is 6.95. The topological polar surface area (TPSA) is 75.4 Å². The number of anilines is 2. The summed E-state index contributed by atoms with van der Waals surface area (Å²) in [5, 5.41) is 3.11. The third-order valence-corrected chi connectivity index (χ3v) is 8.60. The van der Waals surface area contributed by atoms with Crippen molar-refractivity contribution in [3.05, 3.63) is 89.5 Å². The molecule has 5 rings (SSSR count). The molecule has 3 aromatic carbocycles. The summed E-state index contributed by atoms with van der Waals surface area (Å²) in [7, 11) is 0. The molecule has 0 heterocycles. The van der Waals surface area contributed by atoms with Gasteiger partial charge >= 0.3 is 6.03 Å². The van der Waals surface area contributed by atoms with E-state index in [9.17, 15) is 9.59 Å². The van der Waals surface area contributed by atoms with Crippen LogP contribution in [-0.4, -0.2) is 17.7 Å². The van der Waals surface area contributed by atoms with Gasteiger partial charge in [-0.3, -0.25) is 9.69 Å². The first-order valence-electron chi connectivity index (χ1n) is 13.4. The number of thioether (sulfide) groups is 1. The monoisotopic (exact) mass is 513 g/mol. The van der Waals surface area contributed by atoms with Crippen LogP contribution in [0.25, 0.3) is 0 Å². The zero-order chi connectivity index (χ0) is 25.6. The van der Waals surface area contributed by atoms with E-state index in [0.29, 0.717) is 18.0 Å². The third-order valence-electron chi connectivity index (χ3n) is 7.37. The van der Waals surface area contributed by atoms with E-state index in [-0.39, 0.29) is 6.03 Å². The molecular formula is C31H35N3O2S. The highest BCUT2D eigenvalue weighted by Gasteiger charge is 2.22. The number of rotatable bonds is 9. The molecule has 2 aliphatic rings. The molecule has 0 radical (unpaired) electrons. The molecule has 2 fully saturated rings. The SMILES string of the molecule is NC(=O)c1ccc(CN(C(=O)Nc2cccc(SCC3CC3)c2)c2ccc(C3CCCCC3)cc2)cc1. The number of hydrogen-bond donors (Lipinski definition) is 2. The zero-order valence-corrected chi connectivity index (χ0v) is 22.0. The van der Waals surface area contributed by atoms with Gasteiger partial charge in [0.25, 0.3) is 0 Å². The van der Waals surface area contributed by atoms with Gasteiger partial charge in [0.15, 0.2) is 0 Å². The Balaban J connectivity index is 1.35. The van der Waals surface area contributed by atoms with Crippen LogP contribution in [0.15, 0.2) is 77.7 Å². The van der Waals surface area contributed by atoms with Crippen molar-refractivity contribution in [2.45, 2.75) is 62.3 Å². The standard InChI is InChI=1S/C31H35N3O2S/c32-30(35)26-13-11-22(12-14-26)20-34(28-17-15-25(16-18-28)24-5-2-1-3-6-24)31(36)33-27-7-4-8-29(19-27)37-21-23-9-10-23/h4,7-8,11-19,23-24H,1-3,5-6,9-10,20-21H2,(H2,32,35)(H,33,36). The number of urea groups is 1. The Bertz CT molecular complexity index is 1220. The van der Waals surface area contributed by atoms with Crippen LogP contribution in [0.2, 0.25) is 0 Å². The lowest BCUT2D eigenvalue weighted by molar-refractivity contribution is 0.1000. The maximum absolute atomic E-state index is 13.6. The highest BCUT2D eigenvalue weighted by atomic mass is 32.2. The van der Waals surface area contributed by atoms with E-state index in [4.69, 9.17) is 5.73 Å². The normalized spacial score (nSPS) is 15.8. The molecule has 37 heavy (non-hydrogen) atoms. The molecule has 0 spiro atoms. The summed E-state index contributed by atoms with van der Waals surface area (Å²) in [6, 6.07) is 23.5. The zero-order valence-electron chi connectivity index (χ0n) is 21.2. The van der Waals surface area contributed by atoms with Crippen molar-refractivity contribution in [3.8, 4) is 0 Å². The first-order valence-corrected chi connectivity index (χ1v) is 14.3. The summed E-state index contributed by atoms with van der Waals surface area (Å²) in [6.07, 6.45) is 9.06. The number of primary amides is 1. The average molecular weight is 514 g/mol. The molecule has 0 bridgehead atoms. The van der Waals surface area contributed by atoms with E-state index in [0.717, 1.165) is 28.6 Å². The molecule has 0 aliphatic heterocycles. The van der Waals surface area contributed by atoms with Crippen molar-refractivity contribution in [1.82, 2.24) is 0 Å². The van der Waals surface area contributed by atoms with Crippen LogP contribution in [0.1, 0.15) is 72.3 Å². The fourth-order valence-electron chi connectivity index (χ4n) is 4.95. The predicted octanol–water partition coefficient (Wildman–Crippen LogP) is 7.57. The maximum Gasteiger partial charge on any atom is 0.326 e. The highest BCUT2D eigenvalue weighted by molar-refractivity contribution is 7.99. The van der Waals surface area contributed by atoms with Gasteiger partial charge in [-0.2, -0.15) is 0 Å². The van der Waals surface area contributed by atoms with Crippen LogP contribution >= 0.6 is 11.8 Å². The lowest BCUT2D eigenvalue weighted by Crippen LogP contribution is -2.34. The van der Waals surface area contributed by atoms with E-state index < -0.39 is 5.91 Å². The number of carbonyl (C=O) groups is 2. The van der Waals surface area contributed by atoms with Gasteiger partial charge in [0.05, 0.1) is 6.54 Å². The van der Waals surface area contributed by atoms with Crippen LogP contribution < -0.4 is 16.0 Å². The van der Waals surface area contributed by atoms with Crippen LogP contribution in [0.4, 0.5) is 16.2 Å². The molecule has 0 atom stereocenters. The van der Waals surface area contributed by atoms with Gasteiger partial charge in [-0.05, 0) is 91.1 Å². The molecule has 192 valence electrons. The minimum absolute atomic E-state index is 0.186. The summed E-state index contributed by atoms with van der Waals surface area (Å²) >= 11 is 1.86. The number of nitrogens with two attached hydrogens (primary N) is 1. The fraction of sp³-hybridized carbons (Fsp3) is 0.355. The second kappa shape index (κ2) is 11.9. The Morgan fingerprint density at radius 3 is 2.30 bits per heavy atom. The van der Waals surface area contributed by atoms with Crippen molar-refractivity contribution in [1.29, 1.82) is 0 Å². The summed E-state index contributed by atoms with van der Waals surface area (Å²) in [6.45, 7) is 0.379. The van der Waals surface area contributed by atoms with Crippen LogP contribution in [-0.2, 0) is 6.54 Å². The van der Waals surface area contributed by atoms with Gasteiger partial charge in [0.1, 0.15) is 0 Å². The Kier molecular flexibility index (Phi) is 8.15. The second-order valence-corrected chi connectivity index (χ2v) is 11.4. The summed E-state index contributed by atoms with van der Waals surface area (Å²) in [4.78, 5) is 28.0. The Morgan fingerprint density at radius 1 is 0.892 bits per heavy atom. The van der Waals surface area contributed by atoms with Gasteiger partial charge in [-0.15, -0.1) is 11.8 Å². The van der Waals surface area contributed by atoms with Crippen molar-refractivity contribution >= 4 is 35.1 Å². The van der Waals surface area contributed by atoms with Crippen molar-refractivity contribution in [2.24, 2.45) is 11.7 Å². The van der Waals surface area contributed by atoms with Crippen LogP contribution in [0.3, 0.4) is 0 Å². The smallest absolute Gasteiger partial charge is 0.326 e. The molecule has 2 saturated carbocycles. The lowest BCUT2D eigenvalue weighted by Gasteiger charge is -2.26. The van der Waals surface area contributed by atoms with Gasteiger partial charge in [-0.1, -0.05) is 49.6 Å². The molecule has 0 saturated heterocycles. The van der Waals surface area contributed by atoms with Gasteiger partial charge in [-0.25, -0.2) is 4.79 Å². The molecule has 0 unspecified atom stereocenters. The Morgan fingerprint density at radius 2 is 1.62 bits per heavy atom. The van der Waals surface area contributed by atoms with Gasteiger partial charge < -0.3 is 11.1 Å². The van der Waals surface area contributed by atoms with Crippen molar-refractivity contribution in [2.75, 3.05) is 16.0 Å². The number of benzene rings is 3. The Hall–Kier alpha value is -3.25. The van der Waals surface area contributed by atoms with E-state index >= 15 is 0 Å². The quantitative estimate of drug-likeness (QED) is 0.290. The minimum Gasteiger partial charge on any atom is -0.366 e. The molecular weight excluding hydrogens is 478 g/mol. The molecule has 5 nitrogen and oxygen atoms in total. The lowest BCUT2D eigenvalue weighted by atomic mass is 9.84. The number of nitrogens with zero attached hydrogens (tertiary/aromatic N) is 1. The summed E-state index contributed by atoms with van der Waals surface area (Å²) < 4.78 is 0. The largest absolute Gasteiger partial charge is 0.366 e. The van der Waals surface area contributed by atoms with E-state index in [2.05, 4.69) is 41.7 Å². The molecule has 6 heteroatoms. The molecule has 0 aromatic heterocycles. The number of hydrogen-bond acceptors (Lipinski definition) is 3. The van der Waals surface area contributed by atoms with E-state index in [1.54, 1.807) is 17.0 Å². The first-order chi connectivity index (χ1) is 18.0. The first kappa shape index (κ1) is 25.4. The van der Waals surface area contributed by atoms with E-state index in [1.807, 2.05) is 36.0 Å². The van der Waals surface area contributed by atoms with Gasteiger partial charge in [0, 0.05) is 27.6 Å². The number of nitrogens with one attached hydrogen (secondary N) is 1. The van der Waals surface area contributed by atoms with E-state index in [1.165, 1.54) is 55.4 Å².